The Hall–Kier alpha value is -0.570. The standard InChI is InChI=1S/C15H30N4O2.HI/c1-6-16-15(17-8-9-18(4)7-2)19-10-12(3)13(11-19)14(20)21-5;/h12-13H,6-11H2,1-5H3,(H,16,17);1H. The Kier molecular flexibility index (Phi) is 10.8. The first kappa shape index (κ1) is 21.4. The van der Waals surface area contributed by atoms with Gasteiger partial charge in [0.1, 0.15) is 0 Å². The molecule has 1 rings (SSSR count). The molecule has 1 aliphatic heterocycles. The summed E-state index contributed by atoms with van der Waals surface area (Å²) in [6.45, 7) is 11.4. The summed E-state index contributed by atoms with van der Waals surface area (Å²) in [5.74, 6) is 1.02. The number of carbonyl (C=O) groups is 1. The molecule has 0 radical (unpaired) electrons. The van der Waals surface area contributed by atoms with Gasteiger partial charge in [0, 0.05) is 26.2 Å². The molecule has 1 N–H and O–H groups in total. The number of guanidine groups is 1. The van der Waals surface area contributed by atoms with Gasteiger partial charge in [0.25, 0.3) is 0 Å². The number of likely N-dealkylation sites (tertiary alicyclic amines) is 1. The molecule has 2 unspecified atom stereocenters. The van der Waals surface area contributed by atoms with E-state index in [2.05, 4.69) is 47.9 Å². The van der Waals surface area contributed by atoms with Gasteiger partial charge in [-0.05, 0) is 26.4 Å². The van der Waals surface area contributed by atoms with Crippen molar-refractivity contribution in [3.63, 3.8) is 0 Å². The minimum atomic E-state index is -0.119. The Morgan fingerprint density at radius 1 is 1.41 bits per heavy atom. The highest BCUT2D eigenvalue weighted by Crippen LogP contribution is 2.24. The molecular formula is C15H31IN4O2. The van der Waals surface area contributed by atoms with Crippen LogP contribution in [0.5, 0.6) is 0 Å². The largest absolute Gasteiger partial charge is 0.469 e. The Bertz CT molecular complexity index is 365. The van der Waals surface area contributed by atoms with Gasteiger partial charge in [-0.2, -0.15) is 0 Å². The predicted molar refractivity (Wildman–Crippen MR) is 101 cm³/mol. The number of halogens is 1. The molecule has 1 aliphatic rings. The van der Waals surface area contributed by atoms with Crippen LogP contribution < -0.4 is 5.32 Å². The molecule has 0 aliphatic carbocycles. The first-order valence-electron chi connectivity index (χ1n) is 7.83. The highest BCUT2D eigenvalue weighted by Gasteiger charge is 2.36. The number of ether oxygens (including phenoxy) is 1. The number of aliphatic imine (C=N–C) groups is 1. The van der Waals surface area contributed by atoms with E-state index in [9.17, 15) is 4.79 Å². The van der Waals surface area contributed by atoms with Gasteiger partial charge in [-0.25, -0.2) is 0 Å². The molecule has 0 aromatic carbocycles. The van der Waals surface area contributed by atoms with Crippen LogP contribution in [0.25, 0.3) is 0 Å². The lowest BCUT2D eigenvalue weighted by molar-refractivity contribution is -0.145. The highest BCUT2D eigenvalue weighted by atomic mass is 127. The zero-order valence-corrected chi connectivity index (χ0v) is 16.8. The van der Waals surface area contributed by atoms with Crippen molar-refractivity contribution in [1.82, 2.24) is 15.1 Å². The summed E-state index contributed by atoms with van der Waals surface area (Å²) in [6, 6.07) is 0. The van der Waals surface area contributed by atoms with Gasteiger partial charge in [-0.1, -0.05) is 13.8 Å². The molecule has 0 spiro atoms. The number of hydrogen-bond acceptors (Lipinski definition) is 4. The van der Waals surface area contributed by atoms with Crippen LogP contribution in [-0.2, 0) is 9.53 Å². The molecule has 2 atom stereocenters. The molecule has 1 heterocycles. The number of likely N-dealkylation sites (N-methyl/N-ethyl adjacent to an activating group) is 1. The van der Waals surface area contributed by atoms with Crippen LogP contribution in [0.2, 0.25) is 0 Å². The minimum Gasteiger partial charge on any atom is -0.469 e. The smallest absolute Gasteiger partial charge is 0.310 e. The summed E-state index contributed by atoms with van der Waals surface area (Å²) in [5, 5.41) is 3.32. The third kappa shape index (κ3) is 6.28. The molecule has 1 saturated heterocycles. The molecule has 7 heteroatoms. The Balaban J connectivity index is 0.00000441. The van der Waals surface area contributed by atoms with E-state index in [0.717, 1.165) is 38.7 Å². The van der Waals surface area contributed by atoms with Crippen molar-refractivity contribution in [2.75, 3.05) is 53.4 Å². The molecule has 6 nitrogen and oxygen atoms in total. The highest BCUT2D eigenvalue weighted by molar-refractivity contribution is 14.0. The van der Waals surface area contributed by atoms with Crippen molar-refractivity contribution in [2.45, 2.75) is 20.8 Å². The average molecular weight is 426 g/mol. The zero-order chi connectivity index (χ0) is 15.8. The number of carbonyl (C=O) groups excluding carboxylic acids is 1. The molecule has 0 bridgehead atoms. The number of nitrogens with one attached hydrogen (secondary N) is 1. The fourth-order valence-corrected chi connectivity index (χ4v) is 2.51. The maximum atomic E-state index is 11.8. The van der Waals surface area contributed by atoms with E-state index in [-0.39, 0.29) is 35.9 Å². The fourth-order valence-electron chi connectivity index (χ4n) is 2.51. The van der Waals surface area contributed by atoms with Gasteiger partial charge in [0.15, 0.2) is 5.96 Å². The van der Waals surface area contributed by atoms with E-state index >= 15 is 0 Å². The maximum Gasteiger partial charge on any atom is 0.310 e. The number of methoxy groups -OCH3 is 1. The quantitative estimate of drug-likeness (QED) is 0.300. The molecule has 22 heavy (non-hydrogen) atoms. The lowest BCUT2D eigenvalue weighted by atomic mass is 9.99. The maximum absolute atomic E-state index is 11.8. The summed E-state index contributed by atoms with van der Waals surface area (Å²) in [4.78, 5) is 20.9. The van der Waals surface area contributed by atoms with Gasteiger partial charge < -0.3 is 19.9 Å². The van der Waals surface area contributed by atoms with E-state index < -0.39 is 0 Å². The first-order valence-corrected chi connectivity index (χ1v) is 7.83. The number of hydrogen-bond donors (Lipinski definition) is 1. The van der Waals surface area contributed by atoms with Crippen LogP contribution in [0.15, 0.2) is 4.99 Å². The Morgan fingerprint density at radius 3 is 2.64 bits per heavy atom. The summed E-state index contributed by atoms with van der Waals surface area (Å²) >= 11 is 0. The summed E-state index contributed by atoms with van der Waals surface area (Å²) in [5.41, 5.74) is 0. The minimum absolute atomic E-state index is 0. The molecular weight excluding hydrogens is 395 g/mol. The Morgan fingerprint density at radius 2 is 2.09 bits per heavy atom. The Labute approximate surface area is 151 Å². The van der Waals surface area contributed by atoms with Crippen LogP contribution in [0, 0.1) is 11.8 Å². The average Bonchev–Trinajstić information content (AvgIpc) is 2.87. The first-order chi connectivity index (χ1) is 10.0. The number of esters is 1. The van der Waals surface area contributed by atoms with Gasteiger partial charge in [0.05, 0.1) is 19.6 Å². The van der Waals surface area contributed by atoms with E-state index in [4.69, 9.17) is 4.74 Å². The third-order valence-electron chi connectivity index (χ3n) is 4.03. The van der Waals surface area contributed by atoms with Gasteiger partial charge in [-0.15, -0.1) is 24.0 Å². The van der Waals surface area contributed by atoms with Crippen LogP contribution in [0.3, 0.4) is 0 Å². The molecule has 0 saturated carbocycles. The number of nitrogens with zero attached hydrogens (tertiary/aromatic N) is 3. The van der Waals surface area contributed by atoms with Crippen LogP contribution >= 0.6 is 24.0 Å². The van der Waals surface area contributed by atoms with Crippen LogP contribution in [0.4, 0.5) is 0 Å². The van der Waals surface area contributed by atoms with Crippen molar-refractivity contribution >= 4 is 35.9 Å². The van der Waals surface area contributed by atoms with Crippen molar-refractivity contribution in [1.29, 1.82) is 0 Å². The molecule has 0 amide bonds. The molecule has 0 aromatic heterocycles. The lowest BCUT2D eigenvalue weighted by Crippen LogP contribution is -2.41. The molecule has 1 fully saturated rings. The van der Waals surface area contributed by atoms with E-state index in [1.807, 2.05) is 0 Å². The van der Waals surface area contributed by atoms with Crippen molar-refractivity contribution in [2.24, 2.45) is 16.8 Å². The van der Waals surface area contributed by atoms with Gasteiger partial charge in [0.2, 0.25) is 0 Å². The summed E-state index contributed by atoms with van der Waals surface area (Å²) in [7, 11) is 3.55. The normalized spacial score (nSPS) is 21.7. The van der Waals surface area contributed by atoms with Crippen molar-refractivity contribution in [3.8, 4) is 0 Å². The van der Waals surface area contributed by atoms with E-state index in [1.165, 1.54) is 7.11 Å². The lowest BCUT2D eigenvalue weighted by Gasteiger charge is -2.22. The SMILES string of the molecule is CCNC(=NCCN(C)CC)N1CC(C)C(C(=O)OC)C1.I. The zero-order valence-electron chi connectivity index (χ0n) is 14.5. The van der Waals surface area contributed by atoms with Crippen molar-refractivity contribution < 1.29 is 9.53 Å². The number of rotatable bonds is 6. The van der Waals surface area contributed by atoms with Crippen LogP contribution in [0.1, 0.15) is 20.8 Å². The van der Waals surface area contributed by atoms with Gasteiger partial charge in [-0.3, -0.25) is 9.79 Å². The fraction of sp³-hybridized carbons (Fsp3) is 0.867. The van der Waals surface area contributed by atoms with Crippen LogP contribution in [-0.4, -0.2) is 75.2 Å². The second kappa shape index (κ2) is 11.0. The van der Waals surface area contributed by atoms with E-state index in [0.29, 0.717) is 12.5 Å². The second-order valence-corrected chi connectivity index (χ2v) is 5.64. The van der Waals surface area contributed by atoms with E-state index in [1.54, 1.807) is 0 Å². The van der Waals surface area contributed by atoms with Crippen molar-refractivity contribution in [3.05, 3.63) is 0 Å². The summed E-state index contributed by atoms with van der Waals surface area (Å²) in [6.07, 6.45) is 0. The molecule has 0 aromatic rings. The monoisotopic (exact) mass is 426 g/mol. The topological polar surface area (TPSA) is 57.2 Å². The molecule has 130 valence electrons. The summed E-state index contributed by atoms with van der Waals surface area (Å²) < 4.78 is 4.89. The predicted octanol–water partition coefficient (Wildman–Crippen LogP) is 1.26. The third-order valence-corrected chi connectivity index (χ3v) is 4.03. The van der Waals surface area contributed by atoms with Gasteiger partial charge >= 0.3 is 5.97 Å². The second-order valence-electron chi connectivity index (χ2n) is 5.64.